The van der Waals surface area contributed by atoms with Crippen LogP contribution in [0.2, 0.25) is 0 Å². The number of carbonyl (C=O) groups is 3. The Hall–Kier alpha value is -3.04. The molecule has 8 nitrogen and oxygen atoms in total. The van der Waals surface area contributed by atoms with Crippen molar-refractivity contribution < 1.29 is 14.4 Å². The standard InChI is InChI=1S/C27H41N5O3S/c1-19(14-32(7)15-23(20(2)29-6)26(35)30-17-33)31-18-36-16-24(28)22-11-8-21(9-12-22)10-13-25(34)27(3,4)5/h8-9,11-12,16-17,29,31H,1,10,13-15,18,28H2,2-7H3,(H,30,33,35)/b23-20-,24-16-. The van der Waals surface area contributed by atoms with Crippen molar-refractivity contribution in [1.82, 2.24) is 20.9 Å². The summed E-state index contributed by atoms with van der Waals surface area (Å²) >= 11 is 1.52. The average Bonchev–Trinajstić information content (AvgIpc) is 2.82. The van der Waals surface area contributed by atoms with Gasteiger partial charge in [0.1, 0.15) is 5.78 Å². The van der Waals surface area contributed by atoms with Crippen molar-refractivity contribution in [2.75, 3.05) is 33.1 Å². The third-order valence-electron chi connectivity index (χ3n) is 5.56. The van der Waals surface area contributed by atoms with Crippen LogP contribution in [0.1, 0.15) is 45.2 Å². The SMILES string of the molecule is C=C(CN(C)C/C(C(=O)NC=O)=C(\C)NC)NCS/C=C(\N)c1ccc(CCC(=O)C(C)(C)C)cc1. The molecular weight excluding hydrogens is 474 g/mol. The number of aryl methyl sites for hydroxylation is 1. The fourth-order valence-electron chi connectivity index (χ4n) is 3.20. The normalized spacial score (nSPS) is 12.6. The van der Waals surface area contributed by atoms with Crippen LogP contribution in [0, 0.1) is 5.41 Å². The van der Waals surface area contributed by atoms with E-state index in [2.05, 4.69) is 22.5 Å². The lowest BCUT2D eigenvalue weighted by Gasteiger charge is -2.21. The zero-order valence-electron chi connectivity index (χ0n) is 22.4. The van der Waals surface area contributed by atoms with Gasteiger partial charge in [0.05, 0.1) is 5.88 Å². The van der Waals surface area contributed by atoms with Gasteiger partial charge in [-0.2, -0.15) is 0 Å². The van der Waals surface area contributed by atoms with Gasteiger partial charge >= 0.3 is 0 Å². The smallest absolute Gasteiger partial charge is 0.256 e. The highest BCUT2D eigenvalue weighted by Gasteiger charge is 2.20. The maximum Gasteiger partial charge on any atom is 0.256 e. The predicted molar refractivity (Wildman–Crippen MR) is 150 cm³/mol. The molecule has 2 amide bonds. The summed E-state index contributed by atoms with van der Waals surface area (Å²) in [4.78, 5) is 36.8. The van der Waals surface area contributed by atoms with Crippen LogP contribution in [-0.2, 0) is 20.8 Å². The molecule has 1 rings (SSSR count). The highest BCUT2D eigenvalue weighted by atomic mass is 32.2. The first-order valence-corrected chi connectivity index (χ1v) is 12.9. The van der Waals surface area contributed by atoms with Crippen LogP contribution in [0.15, 0.2) is 53.2 Å². The number of nitrogens with zero attached hydrogens (tertiary/aromatic N) is 1. The average molecular weight is 516 g/mol. The van der Waals surface area contributed by atoms with E-state index < -0.39 is 5.91 Å². The summed E-state index contributed by atoms with van der Waals surface area (Å²) < 4.78 is 0. The van der Waals surface area contributed by atoms with Crippen LogP contribution in [0.4, 0.5) is 0 Å². The molecule has 0 bridgehead atoms. The summed E-state index contributed by atoms with van der Waals surface area (Å²) in [6.07, 6.45) is 1.64. The van der Waals surface area contributed by atoms with Crippen molar-refractivity contribution in [2.24, 2.45) is 11.1 Å². The zero-order valence-corrected chi connectivity index (χ0v) is 23.2. The molecule has 5 N–H and O–H groups in total. The van der Waals surface area contributed by atoms with Crippen molar-refractivity contribution in [3.05, 3.63) is 64.3 Å². The lowest BCUT2D eigenvalue weighted by Crippen LogP contribution is -2.35. The third kappa shape index (κ3) is 11.1. The van der Waals surface area contributed by atoms with Gasteiger partial charge in [-0.3, -0.25) is 24.6 Å². The molecule has 1 aromatic carbocycles. The summed E-state index contributed by atoms with van der Waals surface area (Å²) in [5.74, 6) is 0.422. The predicted octanol–water partition coefficient (Wildman–Crippen LogP) is 2.98. The molecule has 36 heavy (non-hydrogen) atoms. The molecule has 0 unspecified atom stereocenters. The molecule has 0 spiro atoms. The van der Waals surface area contributed by atoms with Gasteiger partial charge in [0.15, 0.2) is 0 Å². The lowest BCUT2D eigenvalue weighted by atomic mass is 9.87. The molecule has 0 fully saturated rings. The van der Waals surface area contributed by atoms with E-state index in [1.807, 2.05) is 62.4 Å². The van der Waals surface area contributed by atoms with Crippen LogP contribution in [0.5, 0.6) is 0 Å². The van der Waals surface area contributed by atoms with Gasteiger partial charge < -0.3 is 16.4 Å². The number of hydrogen-bond donors (Lipinski definition) is 4. The Morgan fingerprint density at radius 3 is 2.36 bits per heavy atom. The van der Waals surface area contributed by atoms with Gasteiger partial charge in [-0.25, -0.2) is 0 Å². The molecule has 0 saturated heterocycles. The minimum atomic E-state index is -0.426. The quantitative estimate of drug-likeness (QED) is 0.122. The molecule has 0 aliphatic heterocycles. The number of hydrogen-bond acceptors (Lipinski definition) is 8. The van der Waals surface area contributed by atoms with E-state index in [0.717, 1.165) is 23.2 Å². The van der Waals surface area contributed by atoms with Crippen LogP contribution in [0.25, 0.3) is 5.70 Å². The highest BCUT2D eigenvalue weighted by Crippen LogP contribution is 2.20. The van der Waals surface area contributed by atoms with E-state index in [-0.39, 0.29) is 11.2 Å². The van der Waals surface area contributed by atoms with Gasteiger partial charge in [-0.1, -0.05) is 51.6 Å². The second-order valence-corrected chi connectivity index (χ2v) is 10.5. The highest BCUT2D eigenvalue weighted by molar-refractivity contribution is 8.02. The fraction of sp³-hybridized carbons (Fsp3) is 0.444. The summed E-state index contributed by atoms with van der Waals surface area (Å²) in [6, 6.07) is 7.98. The number of allylic oxidation sites excluding steroid dienone is 1. The Kier molecular flexibility index (Phi) is 13.0. The van der Waals surface area contributed by atoms with Gasteiger partial charge in [-0.15, -0.1) is 11.8 Å². The van der Waals surface area contributed by atoms with Gasteiger partial charge in [0.2, 0.25) is 6.41 Å². The Balaban J connectivity index is 2.51. The molecule has 0 aliphatic carbocycles. The van der Waals surface area contributed by atoms with E-state index in [1.54, 1.807) is 14.0 Å². The Morgan fingerprint density at radius 1 is 1.17 bits per heavy atom. The molecule has 0 saturated carbocycles. The van der Waals surface area contributed by atoms with Crippen LogP contribution in [0.3, 0.4) is 0 Å². The number of imide groups is 1. The van der Waals surface area contributed by atoms with E-state index in [9.17, 15) is 14.4 Å². The van der Waals surface area contributed by atoms with Crippen LogP contribution in [-0.4, -0.2) is 56.1 Å². The first-order chi connectivity index (χ1) is 16.9. The molecule has 0 atom stereocenters. The summed E-state index contributed by atoms with van der Waals surface area (Å²) in [7, 11) is 3.60. The Labute approximate surface area is 219 Å². The van der Waals surface area contributed by atoms with Crippen molar-refractivity contribution in [3.63, 3.8) is 0 Å². The van der Waals surface area contributed by atoms with Crippen LogP contribution >= 0.6 is 11.8 Å². The van der Waals surface area contributed by atoms with Gasteiger partial charge in [0, 0.05) is 54.6 Å². The molecular formula is C27H41N5O3S. The van der Waals surface area contributed by atoms with E-state index in [1.165, 1.54) is 11.8 Å². The Morgan fingerprint density at radius 2 is 1.81 bits per heavy atom. The second-order valence-electron chi connectivity index (χ2n) is 9.65. The monoisotopic (exact) mass is 515 g/mol. The maximum atomic E-state index is 12.1. The molecule has 198 valence electrons. The third-order valence-corrected chi connectivity index (χ3v) is 6.29. The number of nitrogens with two attached hydrogens (primary N) is 1. The topological polar surface area (TPSA) is 117 Å². The maximum absolute atomic E-state index is 12.1. The number of likely N-dealkylation sites (N-methyl/N-ethyl adjacent to an activating group) is 1. The Bertz CT molecular complexity index is 978. The summed E-state index contributed by atoms with van der Waals surface area (Å²) in [6.45, 7) is 12.5. The molecule has 0 heterocycles. The largest absolute Gasteiger partial charge is 0.398 e. The molecule has 0 aromatic heterocycles. The molecule has 9 heteroatoms. The number of ketones is 1. The first-order valence-electron chi connectivity index (χ1n) is 11.8. The lowest BCUT2D eigenvalue weighted by molar-refractivity contribution is -0.126. The number of nitrogens with one attached hydrogen (secondary N) is 3. The van der Waals surface area contributed by atoms with Gasteiger partial charge in [0.25, 0.3) is 5.91 Å². The number of benzene rings is 1. The molecule has 1 aromatic rings. The number of thioether (sulfide) groups is 1. The zero-order chi connectivity index (χ0) is 27.3. The van der Waals surface area contributed by atoms with Crippen molar-refractivity contribution >= 4 is 35.6 Å². The van der Waals surface area contributed by atoms with Crippen LogP contribution < -0.4 is 21.7 Å². The number of Topliss-reactive ketones (excluding diaryl/α,β-unsaturated/α-hetero) is 1. The number of amides is 2. The van der Waals surface area contributed by atoms with Crippen molar-refractivity contribution in [2.45, 2.75) is 40.5 Å². The van der Waals surface area contributed by atoms with E-state index >= 15 is 0 Å². The molecule has 0 aliphatic rings. The van der Waals surface area contributed by atoms with Crippen molar-refractivity contribution in [1.29, 1.82) is 0 Å². The second kappa shape index (κ2) is 15.2. The number of carbonyl (C=O) groups excluding carboxylic acids is 3. The molecule has 0 radical (unpaired) electrons. The van der Waals surface area contributed by atoms with Gasteiger partial charge in [-0.05, 0) is 36.9 Å². The van der Waals surface area contributed by atoms with E-state index in [0.29, 0.717) is 48.8 Å². The number of rotatable bonds is 15. The first kappa shape index (κ1) is 31.0. The minimum Gasteiger partial charge on any atom is -0.398 e. The fourth-order valence-corrected chi connectivity index (χ4v) is 3.89. The van der Waals surface area contributed by atoms with E-state index in [4.69, 9.17) is 5.73 Å². The van der Waals surface area contributed by atoms with Crippen molar-refractivity contribution in [3.8, 4) is 0 Å². The summed E-state index contributed by atoms with van der Waals surface area (Å²) in [5.41, 5.74) is 10.6. The summed E-state index contributed by atoms with van der Waals surface area (Å²) in [5, 5.41) is 10.3. The minimum absolute atomic E-state index is 0.260.